The van der Waals surface area contributed by atoms with Crippen LogP contribution in [0.2, 0.25) is 0 Å². The molecule has 61 heavy (non-hydrogen) atoms. The van der Waals surface area contributed by atoms with Gasteiger partial charge in [-0.15, -0.1) is 0 Å². The van der Waals surface area contributed by atoms with E-state index in [-0.39, 0.29) is 5.41 Å². The largest absolute Gasteiger partial charge is 0.456 e. The summed E-state index contributed by atoms with van der Waals surface area (Å²) in [6, 6.07) is 59.5. The Balaban J connectivity index is 1.23. The average molecular weight is 782 g/mol. The molecule has 4 aliphatic rings. The van der Waals surface area contributed by atoms with Crippen LogP contribution in [0.4, 0.5) is 11.4 Å². The van der Waals surface area contributed by atoms with Gasteiger partial charge in [-0.05, 0) is 103 Å². The third kappa shape index (κ3) is 5.22. The molecule has 0 fully saturated rings. The number of nitrogens with zero attached hydrogens (tertiary/aromatic N) is 1. The molecular weight excluding hydrogens is 739 g/mol. The second-order valence-electron chi connectivity index (χ2n) is 17.6. The topological polar surface area (TPSA) is 16.4 Å². The van der Waals surface area contributed by atoms with Gasteiger partial charge in [0.15, 0.2) is 0 Å². The van der Waals surface area contributed by atoms with Crippen LogP contribution in [-0.2, 0) is 5.41 Å². The maximum absolute atomic E-state index is 6.54. The molecule has 2 nitrogen and oxygen atoms in total. The van der Waals surface area contributed by atoms with Crippen LogP contribution in [-0.4, -0.2) is 0 Å². The molecule has 12 rings (SSSR count). The van der Waals surface area contributed by atoms with Crippen LogP contribution in [0.1, 0.15) is 48.6 Å². The lowest BCUT2D eigenvalue weighted by atomic mass is 9.62. The van der Waals surface area contributed by atoms with Gasteiger partial charge in [-0.25, -0.2) is 0 Å². The van der Waals surface area contributed by atoms with Crippen LogP contribution in [0.25, 0.3) is 67.5 Å². The minimum Gasteiger partial charge on any atom is -0.456 e. The molecule has 0 N–H and O–H groups in total. The van der Waals surface area contributed by atoms with E-state index >= 15 is 0 Å². The molecule has 1 atom stereocenters. The van der Waals surface area contributed by atoms with Crippen molar-refractivity contribution < 1.29 is 4.42 Å². The summed E-state index contributed by atoms with van der Waals surface area (Å²) in [5.41, 5.74) is 20.5. The summed E-state index contributed by atoms with van der Waals surface area (Å²) >= 11 is 0. The van der Waals surface area contributed by atoms with Crippen LogP contribution >= 0.6 is 0 Å². The van der Waals surface area contributed by atoms with Crippen molar-refractivity contribution in [3.8, 4) is 22.3 Å². The lowest BCUT2D eigenvalue weighted by Crippen LogP contribution is -2.38. The molecule has 0 aliphatic heterocycles. The molecule has 0 bridgehead atoms. The summed E-state index contributed by atoms with van der Waals surface area (Å²) < 4.78 is 6.54. The lowest BCUT2D eigenvalue weighted by Gasteiger charge is -2.47. The highest BCUT2D eigenvalue weighted by atomic mass is 16.3. The fourth-order valence-electron chi connectivity index (χ4n) is 10.5. The van der Waals surface area contributed by atoms with Crippen LogP contribution in [0.5, 0.6) is 0 Å². The van der Waals surface area contributed by atoms with E-state index < -0.39 is 5.41 Å². The molecule has 1 spiro atoms. The maximum Gasteiger partial charge on any atom is 0.136 e. The maximum atomic E-state index is 6.54. The van der Waals surface area contributed by atoms with E-state index in [1.807, 2.05) is 0 Å². The lowest BCUT2D eigenvalue weighted by molar-refractivity contribution is 0.588. The Labute approximate surface area is 357 Å². The van der Waals surface area contributed by atoms with Gasteiger partial charge in [0.05, 0.1) is 16.8 Å². The molecule has 1 unspecified atom stereocenters. The van der Waals surface area contributed by atoms with E-state index in [0.29, 0.717) is 0 Å². The zero-order chi connectivity index (χ0) is 40.9. The minimum absolute atomic E-state index is 0.212. The number of rotatable bonds is 5. The molecule has 0 amide bonds. The number of hydrogen-bond acceptors (Lipinski definition) is 2. The van der Waals surface area contributed by atoms with E-state index in [9.17, 15) is 0 Å². The third-order valence-corrected chi connectivity index (χ3v) is 13.2. The number of para-hydroxylation sites is 3. The number of benzene rings is 7. The SMILES string of the molecule is CC(C)(C)c1cccc(-c2ccccc2)c1N(C1=CC=C2C(=Cc3ccccc32)C12C=CC=C1C2=Cc2ccccc21)c1ccccc1-c1cccc2oc3ccccc3c12. The Morgan fingerprint density at radius 3 is 1.84 bits per heavy atom. The Bertz CT molecular complexity index is 3310. The Kier molecular flexibility index (Phi) is 7.74. The summed E-state index contributed by atoms with van der Waals surface area (Å²) in [5, 5.41) is 2.24. The minimum atomic E-state index is -0.660. The first kappa shape index (κ1) is 35.5. The molecule has 1 heterocycles. The van der Waals surface area contributed by atoms with Gasteiger partial charge in [0, 0.05) is 27.6 Å². The van der Waals surface area contributed by atoms with E-state index in [1.165, 1.54) is 72.6 Å². The molecule has 1 aromatic heterocycles. The molecule has 8 aromatic rings. The second kappa shape index (κ2) is 13.3. The highest BCUT2D eigenvalue weighted by Crippen LogP contribution is 2.64. The quantitative estimate of drug-likeness (QED) is 0.173. The van der Waals surface area contributed by atoms with Crippen molar-refractivity contribution in [2.24, 2.45) is 5.41 Å². The van der Waals surface area contributed by atoms with Gasteiger partial charge in [-0.3, -0.25) is 0 Å². The zero-order valence-electron chi connectivity index (χ0n) is 34.5. The Morgan fingerprint density at radius 1 is 0.492 bits per heavy atom. The summed E-state index contributed by atoms with van der Waals surface area (Å²) in [5.74, 6) is 0. The van der Waals surface area contributed by atoms with E-state index in [0.717, 1.165) is 38.8 Å². The van der Waals surface area contributed by atoms with E-state index in [1.54, 1.807) is 0 Å². The predicted molar refractivity (Wildman–Crippen MR) is 256 cm³/mol. The number of allylic oxidation sites excluding steroid dienone is 7. The molecular formula is C59H43NO. The van der Waals surface area contributed by atoms with Crippen LogP contribution < -0.4 is 4.90 Å². The van der Waals surface area contributed by atoms with Gasteiger partial charge in [0.1, 0.15) is 11.2 Å². The van der Waals surface area contributed by atoms with Gasteiger partial charge in [0.25, 0.3) is 0 Å². The van der Waals surface area contributed by atoms with Crippen LogP contribution in [0.3, 0.4) is 0 Å². The molecule has 2 heteroatoms. The van der Waals surface area contributed by atoms with Gasteiger partial charge in [-0.2, -0.15) is 0 Å². The van der Waals surface area contributed by atoms with Crippen molar-refractivity contribution >= 4 is 56.6 Å². The van der Waals surface area contributed by atoms with Crippen molar-refractivity contribution in [1.29, 1.82) is 0 Å². The van der Waals surface area contributed by atoms with Gasteiger partial charge in [0.2, 0.25) is 0 Å². The van der Waals surface area contributed by atoms with Gasteiger partial charge in [-0.1, -0.05) is 191 Å². The number of furan rings is 1. The molecule has 0 saturated heterocycles. The average Bonchev–Trinajstić information content (AvgIpc) is 4.00. The molecule has 290 valence electrons. The number of fused-ring (bicyclic) bond motifs is 11. The smallest absolute Gasteiger partial charge is 0.136 e. The van der Waals surface area contributed by atoms with Gasteiger partial charge >= 0.3 is 0 Å². The molecule has 0 radical (unpaired) electrons. The summed E-state index contributed by atoms with van der Waals surface area (Å²) in [7, 11) is 0. The highest BCUT2D eigenvalue weighted by molar-refractivity contribution is 6.14. The fraction of sp³-hybridized carbons (Fsp3) is 0.0847. The first-order valence-corrected chi connectivity index (χ1v) is 21.3. The van der Waals surface area contributed by atoms with Crippen molar-refractivity contribution in [2.45, 2.75) is 26.2 Å². The zero-order valence-corrected chi connectivity index (χ0v) is 34.5. The highest BCUT2D eigenvalue weighted by Gasteiger charge is 2.51. The summed E-state index contributed by atoms with van der Waals surface area (Å²) in [6.07, 6.45) is 16.9. The Hall–Kier alpha value is -7.42. The third-order valence-electron chi connectivity index (χ3n) is 13.2. The summed E-state index contributed by atoms with van der Waals surface area (Å²) in [6.45, 7) is 7.04. The number of hydrogen-bond donors (Lipinski definition) is 0. The van der Waals surface area contributed by atoms with Crippen LogP contribution in [0, 0.1) is 5.41 Å². The van der Waals surface area contributed by atoms with E-state index in [2.05, 4.69) is 232 Å². The second-order valence-corrected chi connectivity index (χ2v) is 17.6. The fourth-order valence-corrected chi connectivity index (χ4v) is 10.5. The van der Waals surface area contributed by atoms with Gasteiger partial charge < -0.3 is 9.32 Å². The summed E-state index contributed by atoms with van der Waals surface area (Å²) in [4.78, 5) is 2.65. The van der Waals surface area contributed by atoms with Crippen molar-refractivity contribution in [1.82, 2.24) is 0 Å². The molecule has 7 aromatic carbocycles. The molecule has 0 saturated carbocycles. The standard InChI is InChI=1S/C59H43NO/c1-58(2,3)49-29-15-26-43(38-18-5-4-6-19-38)57(49)60(52-30-13-11-24-46(52)47-27-16-32-54-56(47)48-25-12-14-31-53(48)61-54)55-34-33-45-42-23-10-8-21-40(42)37-51(45)59(55)35-17-28-44-41-22-9-7-20-39(41)36-50(44)59/h4-37H,1-3H3. The number of anilines is 2. The van der Waals surface area contributed by atoms with Crippen LogP contribution in [0.15, 0.2) is 215 Å². The normalized spacial score (nSPS) is 17.3. The molecule has 4 aliphatic carbocycles. The monoisotopic (exact) mass is 781 g/mol. The van der Waals surface area contributed by atoms with Crippen molar-refractivity contribution in [2.75, 3.05) is 4.90 Å². The first-order valence-electron chi connectivity index (χ1n) is 21.3. The Morgan fingerprint density at radius 2 is 1.08 bits per heavy atom. The predicted octanol–water partition coefficient (Wildman–Crippen LogP) is 15.8. The van der Waals surface area contributed by atoms with Crippen molar-refractivity contribution in [3.63, 3.8) is 0 Å². The van der Waals surface area contributed by atoms with Crippen molar-refractivity contribution in [3.05, 3.63) is 239 Å². The first-order chi connectivity index (χ1) is 29.9. The van der Waals surface area contributed by atoms with E-state index in [4.69, 9.17) is 4.42 Å².